The minimum absolute atomic E-state index is 0.0994. The second kappa shape index (κ2) is 8.77. The highest BCUT2D eigenvalue weighted by molar-refractivity contribution is 6.00. The van der Waals surface area contributed by atoms with Crippen molar-refractivity contribution in [3.05, 3.63) is 66.4 Å². The fourth-order valence-corrected chi connectivity index (χ4v) is 3.71. The van der Waals surface area contributed by atoms with Crippen LogP contribution in [-0.4, -0.2) is 46.5 Å². The van der Waals surface area contributed by atoms with E-state index in [4.69, 9.17) is 9.47 Å². The van der Waals surface area contributed by atoms with Gasteiger partial charge in [0.05, 0.1) is 44.0 Å². The van der Waals surface area contributed by atoms with Crippen molar-refractivity contribution in [2.75, 3.05) is 26.1 Å². The summed E-state index contributed by atoms with van der Waals surface area (Å²) in [4.78, 5) is 28.1. The number of nitrogens with zero attached hydrogens (tertiary/aromatic N) is 4. The molecule has 0 aliphatic carbocycles. The molecule has 30 heavy (non-hydrogen) atoms. The number of carbonyl (C=O) groups excluding carboxylic acids is 1. The normalized spacial score (nSPS) is 15.7. The van der Waals surface area contributed by atoms with E-state index in [0.717, 1.165) is 24.2 Å². The summed E-state index contributed by atoms with van der Waals surface area (Å²) in [6, 6.07) is 9.12. The predicted molar refractivity (Wildman–Crippen MR) is 112 cm³/mol. The van der Waals surface area contributed by atoms with Crippen molar-refractivity contribution in [1.82, 2.24) is 19.9 Å². The Kier molecular flexibility index (Phi) is 5.74. The van der Waals surface area contributed by atoms with Crippen molar-refractivity contribution in [1.29, 1.82) is 0 Å². The number of benzene rings is 1. The minimum atomic E-state index is -0.115. The van der Waals surface area contributed by atoms with E-state index in [2.05, 4.69) is 20.3 Å². The van der Waals surface area contributed by atoms with E-state index in [9.17, 15) is 4.79 Å². The Hall–Kier alpha value is -3.68. The van der Waals surface area contributed by atoms with E-state index in [1.54, 1.807) is 57.2 Å². The fourth-order valence-electron chi connectivity index (χ4n) is 3.71. The van der Waals surface area contributed by atoms with Crippen LogP contribution in [0.15, 0.2) is 55.1 Å². The molecule has 0 saturated carbocycles. The Morgan fingerprint density at radius 1 is 1.07 bits per heavy atom. The summed E-state index contributed by atoms with van der Waals surface area (Å²) in [6.45, 7) is 0.659. The third-order valence-electron chi connectivity index (χ3n) is 5.12. The van der Waals surface area contributed by atoms with E-state index >= 15 is 0 Å². The Labute approximate surface area is 174 Å². The van der Waals surface area contributed by atoms with Gasteiger partial charge < -0.3 is 19.7 Å². The molecule has 1 fully saturated rings. The summed E-state index contributed by atoms with van der Waals surface area (Å²) < 4.78 is 10.8. The molecule has 0 radical (unpaired) electrons. The van der Waals surface area contributed by atoms with Crippen molar-refractivity contribution in [2.45, 2.75) is 18.9 Å². The van der Waals surface area contributed by atoms with Crippen LogP contribution in [-0.2, 0) is 0 Å². The lowest BCUT2D eigenvalue weighted by Crippen LogP contribution is -2.31. The van der Waals surface area contributed by atoms with E-state index in [1.807, 2.05) is 17.0 Å². The van der Waals surface area contributed by atoms with Crippen LogP contribution in [0.25, 0.3) is 0 Å². The first kappa shape index (κ1) is 19.6. The summed E-state index contributed by atoms with van der Waals surface area (Å²) >= 11 is 0. The zero-order valence-electron chi connectivity index (χ0n) is 16.9. The molecule has 154 valence electrons. The number of amides is 1. The highest BCUT2D eigenvalue weighted by Crippen LogP contribution is 2.37. The Morgan fingerprint density at radius 2 is 1.87 bits per heavy atom. The molecule has 8 nitrogen and oxygen atoms in total. The van der Waals surface area contributed by atoms with Gasteiger partial charge in [-0.15, -0.1) is 0 Å². The maximum absolute atomic E-state index is 13.4. The standard InChI is InChI=1S/C22H23N5O3/c1-29-18-6-3-7-19(30-2)21(18)22(28)27-12-4-5-17(27)16-9-8-15(13-25-16)26-20-14-23-10-11-24-20/h3,6-11,13-14,17H,4-5,12H2,1-2H3,(H,24,26)/t17-/m0/s1. The average molecular weight is 405 g/mol. The van der Waals surface area contributed by atoms with E-state index < -0.39 is 0 Å². The number of pyridine rings is 1. The molecule has 3 aromatic rings. The third kappa shape index (κ3) is 3.89. The number of ether oxygens (including phenoxy) is 2. The average Bonchev–Trinajstić information content (AvgIpc) is 3.29. The van der Waals surface area contributed by atoms with Gasteiger partial charge in [-0.05, 0) is 37.1 Å². The lowest BCUT2D eigenvalue weighted by molar-refractivity contribution is 0.0726. The van der Waals surface area contributed by atoms with Gasteiger partial charge in [-0.25, -0.2) is 4.98 Å². The van der Waals surface area contributed by atoms with Crippen LogP contribution >= 0.6 is 0 Å². The summed E-state index contributed by atoms with van der Waals surface area (Å²) in [5, 5.41) is 3.16. The second-order valence-corrected chi connectivity index (χ2v) is 6.88. The van der Waals surface area contributed by atoms with Crippen LogP contribution in [0.4, 0.5) is 11.5 Å². The SMILES string of the molecule is COc1cccc(OC)c1C(=O)N1CCC[C@H]1c1ccc(Nc2cnccn2)cn1. The number of rotatable bonds is 6. The number of likely N-dealkylation sites (tertiary alicyclic amines) is 1. The zero-order valence-corrected chi connectivity index (χ0v) is 16.9. The second-order valence-electron chi connectivity index (χ2n) is 6.88. The quantitative estimate of drug-likeness (QED) is 0.670. The van der Waals surface area contributed by atoms with Gasteiger partial charge in [-0.1, -0.05) is 6.07 Å². The predicted octanol–water partition coefficient (Wildman–Crippen LogP) is 3.61. The van der Waals surface area contributed by atoms with Crippen LogP contribution in [0.2, 0.25) is 0 Å². The molecule has 1 aliphatic rings. The molecule has 8 heteroatoms. The van der Waals surface area contributed by atoms with Gasteiger partial charge in [0.25, 0.3) is 5.91 Å². The van der Waals surface area contributed by atoms with Crippen LogP contribution in [0.5, 0.6) is 11.5 Å². The summed E-state index contributed by atoms with van der Waals surface area (Å²) in [5.41, 5.74) is 2.09. The Balaban J connectivity index is 1.56. The van der Waals surface area contributed by atoms with E-state index in [-0.39, 0.29) is 11.9 Å². The maximum atomic E-state index is 13.4. The monoisotopic (exact) mass is 405 g/mol. The molecule has 1 saturated heterocycles. The maximum Gasteiger partial charge on any atom is 0.261 e. The lowest BCUT2D eigenvalue weighted by Gasteiger charge is -2.26. The number of hydrogen-bond donors (Lipinski definition) is 1. The number of aromatic nitrogens is 3. The van der Waals surface area contributed by atoms with Crippen LogP contribution in [0.3, 0.4) is 0 Å². The number of carbonyl (C=O) groups is 1. The molecule has 1 N–H and O–H groups in total. The lowest BCUT2D eigenvalue weighted by atomic mass is 10.1. The molecule has 3 heterocycles. The van der Waals surface area contributed by atoms with Gasteiger partial charge >= 0.3 is 0 Å². The molecule has 1 amide bonds. The molecule has 0 unspecified atom stereocenters. The summed E-state index contributed by atoms with van der Waals surface area (Å²) in [6.07, 6.45) is 8.40. The molecule has 4 rings (SSSR count). The van der Waals surface area contributed by atoms with Gasteiger partial charge in [0.15, 0.2) is 0 Å². The fraction of sp³-hybridized carbons (Fsp3) is 0.273. The van der Waals surface area contributed by atoms with E-state index in [1.165, 1.54) is 0 Å². The molecule has 0 bridgehead atoms. The number of methoxy groups -OCH3 is 2. The van der Waals surface area contributed by atoms with Gasteiger partial charge in [0, 0.05) is 18.9 Å². The molecule has 0 spiro atoms. The van der Waals surface area contributed by atoms with Crippen molar-refractivity contribution >= 4 is 17.4 Å². The van der Waals surface area contributed by atoms with Crippen molar-refractivity contribution in [3.63, 3.8) is 0 Å². The Bertz CT molecular complexity index is 989. The first-order chi connectivity index (χ1) is 14.7. The largest absolute Gasteiger partial charge is 0.496 e. The van der Waals surface area contributed by atoms with Gasteiger partial charge in [0.1, 0.15) is 22.9 Å². The minimum Gasteiger partial charge on any atom is -0.496 e. The van der Waals surface area contributed by atoms with E-state index in [0.29, 0.717) is 29.4 Å². The first-order valence-electron chi connectivity index (χ1n) is 9.72. The van der Waals surface area contributed by atoms with Crippen LogP contribution in [0.1, 0.15) is 34.9 Å². The van der Waals surface area contributed by atoms with Crippen molar-refractivity contribution < 1.29 is 14.3 Å². The highest BCUT2D eigenvalue weighted by Gasteiger charge is 2.34. The molecular weight excluding hydrogens is 382 g/mol. The summed E-state index contributed by atoms with van der Waals surface area (Å²) in [7, 11) is 3.11. The van der Waals surface area contributed by atoms with Gasteiger partial charge in [0.2, 0.25) is 0 Å². The molecule has 1 atom stereocenters. The highest BCUT2D eigenvalue weighted by atomic mass is 16.5. The number of nitrogens with one attached hydrogen (secondary N) is 1. The molecule has 2 aromatic heterocycles. The molecule has 1 aromatic carbocycles. The van der Waals surface area contributed by atoms with Crippen LogP contribution < -0.4 is 14.8 Å². The third-order valence-corrected chi connectivity index (χ3v) is 5.12. The first-order valence-corrected chi connectivity index (χ1v) is 9.72. The van der Waals surface area contributed by atoms with Gasteiger partial charge in [-0.3, -0.25) is 14.8 Å². The smallest absolute Gasteiger partial charge is 0.261 e. The van der Waals surface area contributed by atoms with Crippen LogP contribution in [0, 0.1) is 0 Å². The zero-order chi connectivity index (χ0) is 20.9. The molecule has 1 aliphatic heterocycles. The Morgan fingerprint density at radius 3 is 2.50 bits per heavy atom. The van der Waals surface area contributed by atoms with Crippen molar-refractivity contribution in [3.8, 4) is 11.5 Å². The van der Waals surface area contributed by atoms with Gasteiger partial charge in [-0.2, -0.15) is 0 Å². The number of anilines is 2. The molecular formula is C22H23N5O3. The van der Waals surface area contributed by atoms with Crippen molar-refractivity contribution in [2.24, 2.45) is 0 Å². The topological polar surface area (TPSA) is 89.5 Å². The summed E-state index contributed by atoms with van der Waals surface area (Å²) in [5.74, 6) is 1.53. The number of hydrogen-bond acceptors (Lipinski definition) is 7.